The standard InChI is InChI=1S/C12H11BrN4O3/c1-6-4-10(7(2)3-9(6)17(18)19)20-11-8(13)5-15-12(14)16-11/h3-5H,1-2H3,(H2,14,15,16). The van der Waals surface area contributed by atoms with Crippen LogP contribution in [0.25, 0.3) is 0 Å². The molecule has 0 bridgehead atoms. The summed E-state index contributed by atoms with van der Waals surface area (Å²) in [4.78, 5) is 18.2. The lowest BCUT2D eigenvalue weighted by atomic mass is 10.1. The number of hydrogen-bond donors (Lipinski definition) is 1. The van der Waals surface area contributed by atoms with Crippen molar-refractivity contribution in [2.75, 3.05) is 5.73 Å². The summed E-state index contributed by atoms with van der Waals surface area (Å²) in [5.74, 6) is 0.820. The summed E-state index contributed by atoms with van der Waals surface area (Å²) >= 11 is 3.25. The van der Waals surface area contributed by atoms with Gasteiger partial charge in [0.05, 0.1) is 15.6 Å². The van der Waals surface area contributed by atoms with E-state index in [0.29, 0.717) is 21.3 Å². The Morgan fingerprint density at radius 1 is 1.35 bits per heavy atom. The van der Waals surface area contributed by atoms with E-state index in [9.17, 15) is 10.1 Å². The number of halogens is 1. The second-order valence-electron chi connectivity index (χ2n) is 4.14. The van der Waals surface area contributed by atoms with Crippen LogP contribution in [0, 0.1) is 24.0 Å². The first-order valence-corrected chi connectivity index (χ1v) is 6.39. The summed E-state index contributed by atoms with van der Waals surface area (Å²) in [6, 6.07) is 3.06. The van der Waals surface area contributed by atoms with Crippen LogP contribution in [0.5, 0.6) is 11.6 Å². The largest absolute Gasteiger partial charge is 0.437 e. The van der Waals surface area contributed by atoms with Gasteiger partial charge in [0.1, 0.15) is 5.75 Å². The first-order chi connectivity index (χ1) is 9.38. The highest BCUT2D eigenvalue weighted by Gasteiger charge is 2.15. The predicted octanol–water partition coefficient (Wildman–Crippen LogP) is 3.14. The Hall–Kier alpha value is -2.22. The van der Waals surface area contributed by atoms with E-state index in [2.05, 4.69) is 25.9 Å². The van der Waals surface area contributed by atoms with Crippen molar-refractivity contribution >= 4 is 27.6 Å². The van der Waals surface area contributed by atoms with E-state index in [1.54, 1.807) is 19.9 Å². The molecule has 8 heteroatoms. The molecule has 0 amide bonds. The Morgan fingerprint density at radius 3 is 2.70 bits per heavy atom. The molecular weight excluding hydrogens is 328 g/mol. The van der Waals surface area contributed by atoms with Gasteiger partial charge in [0, 0.05) is 11.6 Å². The summed E-state index contributed by atoms with van der Waals surface area (Å²) in [6.45, 7) is 3.37. The van der Waals surface area contributed by atoms with Crippen LogP contribution in [0.15, 0.2) is 22.8 Å². The molecule has 1 aromatic carbocycles. The van der Waals surface area contributed by atoms with Gasteiger partial charge in [-0.15, -0.1) is 0 Å². The SMILES string of the molecule is Cc1cc([N+](=O)[O-])c(C)cc1Oc1nc(N)ncc1Br. The van der Waals surface area contributed by atoms with E-state index in [1.807, 2.05) is 0 Å². The number of nitrogen functional groups attached to an aromatic ring is 1. The number of aromatic nitrogens is 2. The van der Waals surface area contributed by atoms with Crippen molar-refractivity contribution in [2.24, 2.45) is 0 Å². The molecule has 0 aliphatic rings. The maximum absolute atomic E-state index is 10.9. The Balaban J connectivity index is 2.42. The number of hydrogen-bond acceptors (Lipinski definition) is 6. The van der Waals surface area contributed by atoms with Gasteiger partial charge < -0.3 is 10.5 Å². The average molecular weight is 339 g/mol. The molecule has 0 saturated carbocycles. The molecule has 0 aliphatic heterocycles. The fourth-order valence-electron chi connectivity index (χ4n) is 1.62. The topological polar surface area (TPSA) is 104 Å². The van der Waals surface area contributed by atoms with Crippen molar-refractivity contribution < 1.29 is 9.66 Å². The lowest BCUT2D eigenvalue weighted by molar-refractivity contribution is -0.385. The van der Waals surface area contributed by atoms with Crippen LogP contribution in [0.2, 0.25) is 0 Å². The summed E-state index contributed by atoms with van der Waals surface area (Å²) < 4.78 is 6.18. The van der Waals surface area contributed by atoms with Gasteiger partial charge in [-0.05, 0) is 41.4 Å². The average Bonchev–Trinajstić information content (AvgIpc) is 2.37. The molecular formula is C12H11BrN4O3. The molecule has 0 saturated heterocycles. The molecule has 0 spiro atoms. The van der Waals surface area contributed by atoms with Gasteiger partial charge in [0.2, 0.25) is 11.8 Å². The zero-order chi connectivity index (χ0) is 14.9. The Labute approximate surface area is 123 Å². The molecule has 7 nitrogen and oxygen atoms in total. The lowest BCUT2D eigenvalue weighted by Gasteiger charge is -2.10. The molecule has 0 unspecified atom stereocenters. The molecule has 0 radical (unpaired) electrons. The minimum atomic E-state index is -0.426. The Bertz CT molecular complexity index is 691. The quantitative estimate of drug-likeness (QED) is 0.680. The van der Waals surface area contributed by atoms with Crippen molar-refractivity contribution in [3.8, 4) is 11.6 Å². The van der Waals surface area contributed by atoms with Gasteiger partial charge in [-0.25, -0.2) is 4.98 Å². The van der Waals surface area contributed by atoms with Crippen LogP contribution in [-0.2, 0) is 0 Å². The van der Waals surface area contributed by atoms with Gasteiger partial charge in [0.15, 0.2) is 0 Å². The highest BCUT2D eigenvalue weighted by Crippen LogP contribution is 2.33. The number of nitrogens with zero attached hydrogens (tertiary/aromatic N) is 3. The molecule has 1 heterocycles. The first-order valence-electron chi connectivity index (χ1n) is 5.60. The second kappa shape index (κ2) is 5.41. The molecule has 0 aliphatic carbocycles. The number of nitro benzene ring substituents is 1. The number of nitro groups is 1. The first kappa shape index (κ1) is 14.2. The fraction of sp³-hybridized carbons (Fsp3) is 0.167. The molecule has 2 N–H and O–H groups in total. The van der Waals surface area contributed by atoms with Crippen LogP contribution in [-0.4, -0.2) is 14.9 Å². The number of anilines is 1. The summed E-state index contributed by atoms with van der Waals surface area (Å²) in [7, 11) is 0. The van der Waals surface area contributed by atoms with Crippen LogP contribution < -0.4 is 10.5 Å². The summed E-state index contributed by atoms with van der Waals surface area (Å²) in [6.07, 6.45) is 1.48. The number of benzene rings is 1. The maximum Gasteiger partial charge on any atom is 0.272 e. The van der Waals surface area contributed by atoms with Crippen molar-refractivity contribution in [1.82, 2.24) is 9.97 Å². The Morgan fingerprint density at radius 2 is 2.05 bits per heavy atom. The third-order valence-corrected chi connectivity index (χ3v) is 3.17. The van der Waals surface area contributed by atoms with Gasteiger partial charge >= 0.3 is 0 Å². The van der Waals surface area contributed by atoms with Gasteiger partial charge in [-0.3, -0.25) is 10.1 Å². The third-order valence-electron chi connectivity index (χ3n) is 2.63. The number of rotatable bonds is 3. The van der Waals surface area contributed by atoms with Crippen molar-refractivity contribution in [1.29, 1.82) is 0 Å². The zero-order valence-corrected chi connectivity index (χ0v) is 12.3. The van der Waals surface area contributed by atoms with Crippen LogP contribution in [0.3, 0.4) is 0 Å². The van der Waals surface area contributed by atoms with E-state index in [0.717, 1.165) is 0 Å². The molecule has 0 fully saturated rings. The van der Waals surface area contributed by atoms with Crippen LogP contribution in [0.1, 0.15) is 11.1 Å². The zero-order valence-electron chi connectivity index (χ0n) is 10.8. The number of aryl methyl sites for hydroxylation is 2. The van der Waals surface area contributed by atoms with E-state index >= 15 is 0 Å². The molecule has 0 atom stereocenters. The van der Waals surface area contributed by atoms with Crippen LogP contribution >= 0.6 is 15.9 Å². The summed E-state index contributed by atoms with van der Waals surface area (Å²) in [5.41, 5.74) is 6.69. The summed E-state index contributed by atoms with van der Waals surface area (Å²) in [5, 5.41) is 10.9. The van der Waals surface area contributed by atoms with E-state index in [4.69, 9.17) is 10.5 Å². The lowest BCUT2D eigenvalue weighted by Crippen LogP contribution is -1.99. The van der Waals surface area contributed by atoms with E-state index in [-0.39, 0.29) is 17.5 Å². The smallest absolute Gasteiger partial charge is 0.272 e. The molecule has 1 aromatic heterocycles. The van der Waals surface area contributed by atoms with Gasteiger partial charge in [0.25, 0.3) is 5.69 Å². The maximum atomic E-state index is 10.9. The monoisotopic (exact) mass is 338 g/mol. The van der Waals surface area contributed by atoms with E-state index in [1.165, 1.54) is 12.3 Å². The predicted molar refractivity (Wildman–Crippen MR) is 76.8 cm³/mol. The molecule has 104 valence electrons. The van der Waals surface area contributed by atoms with Crippen molar-refractivity contribution in [3.05, 3.63) is 44.0 Å². The van der Waals surface area contributed by atoms with Crippen molar-refractivity contribution in [3.63, 3.8) is 0 Å². The second-order valence-corrected chi connectivity index (χ2v) is 5.00. The normalized spacial score (nSPS) is 10.3. The Kier molecular flexibility index (Phi) is 3.84. The highest BCUT2D eigenvalue weighted by atomic mass is 79.9. The minimum absolute atomic E-state index is 0.0520. The highest BCUT2D eigenvalue weighted by molar-refractivity contribution is 9.10. The number of nitrogens with two attached hydrogens (primary N) is 1. The minimum Gasteiger partial charge on any atom is -0.437 e. The molecule has 20 heavy (non-hydrogen) atoms. The van der Waals surface area contributed by atoms with Crippen molar-refractivity contribution in [2.45, 2.75) is 13.8 Å². The fourth-order valence-corrected chi connectivity index (χ4v) is 1.89. The van der Waals surface area contributed by atoms with Gasteiger partial charge in [-0.1, -0.05) is 0 Å². The van der Waals surface area contributed by atoms with Gasteiger partial charge in [-0.2, -0.15) is 4.98 Å². The molecule has 2 aromatic rings. The number of ether oxygens (including phenoxy) is 1. The third kappa shape index (κ3) is 2.85. The van der Waals surface area contributed by atoms with Crippen LogP contribution in [0.4, 0.5) is 11.6 Å². The molecule has 2 rings (SSSR count). The van der Waals surface area contributed by atoms with E-state index < -0.39 is 4.92 Å².